The van der Waals surface area contributed by atoms with Crippen LogP contribution in [0.15, 0.2) is 40.6 Å². The fourth-order valence-corrected chi connectivity index (χ4v) is 3.84. The van der Waals surface area contributed by atoms with E-state index in [2.05, 4.69) is 10.3 Å². The van der Waals surface area contributed by atoms with Gasteiger partial charge in [0.1, 0.15) is 10.6 Å². The zero-order valence-corrected chi connectivity index (χ0v) is 18.3. The van der Waals surface area contributed by atoms with Gasteiger partial charge in [0.05, 0.1) is 20.8 Å². The molecule has 0 atom stereocenters. The van der Waals surface area contributed by atoms with Crippen molar-refractivity contribution in [3.8, 4) is 11.5 Å². The maximum absolute atomic E-state index is 12.9. The number of benzene rings is 1. The van der Waals surface area contributed by atoms with Crippen molar-refractivity contribution in [1.29, 1.82) is 0 Å². The molecule has 2 aromatic heterocycles. The Balaban J connectivity index is 1.74. The number of aryl methyl sites for hydroxylation is 4. The molecule has 0 saturated carbocycles. The predicted octanol–water partition coefficient (Wildman–Crippen LogP) is 3.11. The third-order valence-corrected chi connectivity index (χ3v) is 5.72. The Hall–Kier alpha value is -3.13. The third kappa shape index (κ3) is 4.88. The number of carbonyl (C=O) groups is 1. The minimum Gasteiger partial charge on any atom is -0.493 e. The van der Waals surface area contributed by atoms with Crippen molar-refractivity contribution < 1.29 is 14.3 Å². The van der Waals surface area contributed by atoms with Gasteiger partial charge in [-0.1, -0.05) is 6.07 Å². The summed E-state index contributed by atoms with van der Waals surface area (Å²) in [6.07, 6.45) is 2.34. The van der Waals surface area contributed by atoms with Gasteiger partial charge < -0.3 is 19.4 Å². The number of hydrogen-bond donors (Lipinski definition) is 1. The number of carbonyl (C=O) groups excluding carboxylic acids is 1. The number of rotatable bonds is 8. The van der Waals surface area contributed by atoms with Crippen LogP contribution in [0.1, 0.15) is 32.2 Å². The van der Waals surface area contributed by atoms with E-state index in [0.29, 0.717) is 36.6 Å². The van der Waals surface area contributed by atoms with Crippen LogP contribution in [0.25, 0.3) is 0 Å². The summed E-state index contributed by atoms with van der Waals surface area (Å²) >= 11 is 1.48. The predicted molar refractivity (Wildman–Crippen MR) is 117 cm³/mol. The molecule has 0 unspecified atom stereocenters. The van der Waals surface area contributed by atoms with Gasteiger partial charge in [-0.25, -0.2) is 4.98 Å². The second kappa shape index (κ2) is 9.58. The Morgan fingerprint density at radius 1 is 1.17 bits per heavy atom. The Morgan fingerprint density at radius 2 is 1.93 bits per heavy atom. The lowest BCUT2D eigenvalue weighted by atomic mass is 10.1. The van der Waals surface area contributed by atoms with Gasteiger partial charge in [0.15, 0.2) is 11.5 Å². The minimum atomic E-state index is -0.384. The highest BCUT2D eigenvalue weighted by Gasteiger charge is 2.16. The molecule has 0 fully saturated rings. The van der Waals surface area contributed by atoms with E-state index in [0.717, 1.165) is 16.3 Å². The number of amides is 1. The first-order chi connectivity index (χ1) is 14.4. The fraction of sp³-hybridized carbons (Fsp3) is 0.318. The van der Waals surface area contributed by atoms with E-state index in [9.17, 15) is 9.59 Å². The molecule has 1 N–H and O–H groups in total. The molecular weight excluding hydrogens is 402 g/mol. The monoisotopic (exact) mass is 427 g/mol. The molecule has 1 amide bonds. The van der Waals surface area contributed by atoms with Gasteiger partial charge in [0.2, 0.25) is 0 Å². The highest BCUT2D eigenvalue weighted by atomic mass is 32.1. The molecule has 3 rings (SSSR count). The Labute approximate surface area is 179 Å². The van der Waals surface area contributed by atoms with Crippen LogP contribution < -0.4 is 20.3 Å². The molecule has 0 saturated heterocycles. The van der Waals surface area contributed by atoms with Gasteiger partial charge >= 0.3 is 0 Å². The molecule has 3 aromatic rings. The number of pyridine rings is 1. The lowest BCUT2D eigenvalue weighted by Crippen LogP contribution is -2.34. The quantitative estimate of drug-likeness (QED) is 0.597. The van der Waals surface area contributed by atoms with Gasteiger partial charge in [0.25, 0.3) is 11.5 Å². The van der Waals surface area contributed by atoms with E-state index in [-0.39, 0.29) is 17.0 Å². The van der Waals surface area contributed by atoms with Gasteiger partial charge in [-0.15, -0.1) is 11.3 Å². The van der Waals surface area contributed by atoms with Gasteiger partial charge in [-0.2, -0.15) is 0 Å². The van der Waals surface area contributed by atoms with Gasteiger partial charge in [-0.05, 0) is 49.6 Å². The lowest BCUT2D eigenvalue weighted by molar-refractivity contribution is 0.0948. The van der Waals surface area contributed by atoms with Crippen LogP contribution in [0.2, 0.25) is 0 Å². The number of methoxy groups -OCH3 is 2. The largest absolute Gasteiger partial charge is 0.493 e. The topological polar surface area (TPSA) is 82.5 Å². The summed E-state index contributed by atoms with van der Waals surface area (Å²) in [4.78, 5) is 29.9. The van der Waals surface area contributed by atoms with Crippen LogP contribution in [0.4, 0.5) is 0 Å². The Morgan fingerprint density at radius 3 is 2.60 bits per heavy atom. The van der Waals surface area contributed by atoms with Crippen molar-refractivity contribution in [2.75, 3.05) is 14.2 Å². The van der Waals surface area contributed by atoms with E-state index >= 15 is 0 Å². The van der Waals surface area contributed by atoms with Crippen LogP contribution in [0.3, 0.4) is 0 Å². The maximum atomic E-state index is 12.9. The summed E-state index contributed by atoms with van der Waals surface area (Å²) in [6.45, 7) is 4.42. The second-order valence-electron chi connectivity index (χ2n) is 6.88. The normalized spacial score (nSPS) is 10.7. The number of thiazole rings is 1. The van der Waals surface area contributed by atoms with Crippen molar-refractivity contribution >= 4 is 17.2 Å². The zero-order chi connectivity index (χ0) is 21.7. The first-order valence-corrected chi connectivity index (χ1v) is 10.4. The summed E-state index contributed by atoms with van der Waals surface area (Å²) in [5.74, 6) is 0.915. The summed E-state index contributed by atoms with van der Waals surface area (Å²) in [7, 11) is 3.18. The Kier molecular flexibility index (Phi) is 6.89. The third-order valence-electron chi connectivity index (χ3n) is 4.76. The SMILES string of the molecule is COc1ccc(CCn2ccc(C)c(C(=O)NCc3nc(C)cs3)c2=O)cc1OC. The van der Waals surface area contributed by atoms with E-state index in [1.54, 1.807) is 38.0 Å². The molecule has 0 aliphatic heterocycles. The molecule has 0 aliphatic carbocycles. The van der Waals surface area contributed by atoms with Crippen molar-refractivity contribution in [1.82, 2.24) is 14.9 Å². The van der Waals surface area contributed by atoms with E-state index in [1.165, 1.54) is 11.3 Å². The summed E-state index contributed by atoms with van der Waals surface area (Å²) in [6, 6.07) is 7.45. The second-order valence-corrected chi connectivity index (χ2v) is 7.82. The maximum Gasteiger partial charge on any atom is 0.263 e. The number of aromatic nitrogens is 2. The highest BCUT2D eigenvalue weighted by Crippen LogP contribution is 2.27. The van der Waals surface area contributed by atoms with Gasteiger partial charge in [-0.3, -0.25) is 9.59 Å². The number of ether oxygens (including phenoxy) is 2. The van der Waals surface area contributed by atoms with Crippen LogP contribution >= 0.6 is 11.3 Å². The summed E-state index contributed by atoms with van der Waals surface area (Å²) in [5, 5.41) is 5.54. The smallest absolute Gasteiger partial charge is 0.263 e. The highest BCUT2D eigenvalue weighted by molar-refractivity contribution is 7.09. The lowest BCUT2D eigenvalue weighted by Gasteiger charge is -2.12. The van der Waals surface area contributed by atoms with Gasteiger partial charge in [0, 0.05) is 23.8 Å². The van der Waals surface area contributed by atoms with E-state index in [1.807, 2.05) is 30.5 Å². The van der Waals surface area contributed by atoms with Crippen LogP contribution in [0, 0.1) is 13.8 Å². The average molecular weight is 428 g/mol. The molecule has 158 valence electrons. The Bertz CT molecular complexity index is 1100. The van der Waals surface area contributed by atoms with Crippen LogP contribution in [0.5, 0.6) is 11.5 Å². The van der Waals surface area contributed by atoms with Crippen molar-refractivity contribution in [3.05, 3.63) is 73.6 Å². The van der Waals surface area contributed by atoms with Crippen molar-refractivity contribution in [3.63, 3.8) is 0 Å². The van der Waals surface area contributed by atoms with Crippen molar-refractivity contribution in [2.45, 2.75) is 33.4 Å². The molecule has 0 bridgehead atoms. The number of nitrogens with zero attached hydrogens (tertiary/aromatic N) is 2. The molecule has 0 radical (unpaired) electrons. The van der Waals surface area contributed by atoms with Crippen molar-refractivity contribution in [2.24, 2.45) is 0 Å². The average Bonchev–Trinajstić information content (AvgIpc) is 3.16. The summed E-state index contributed by atoms with van der Waals surface area (Å²) in [5.41, 5.74) is 2.43. The molecule has 0 spiro atoms. The van der Waals surface area contributed by atoms with E-state index in [4.69, 9.17) is 9.47 Å². The van der Waals surface area contributed by atoms with Crippen LogP contribution in [-0.4, -0.2) is 29.7 Å². The summed E-state index contributed by atoms with van der Waals surface area (Å²) < 4.78 is 12.2. The number of hydrogen-bond acceptors (Lipinski definition) is 6. The molecule has 1 aromatic carbocycles. The van der Waals surface area contributed by atoms with Crippen LogP contribution in [-0.2, 0) is 19.5 Å². The first kappa shape index (κ1) is 21.6. The molecule has 8 heteroatoms. The van der Waals surface area contributed by atoms with E-state index < -0.39 is 0 Å². The minimum absolute atomic E-state index is 0.165. The molecule has 2 heterocycles. The number of nitrogens with one attached hydrogen (secondary N) is 1. The molecule has 30 heavy (non-hydrogen) atoms. The fourth-order valence-electron chi connectivity index (χ4n) is 3.13. The molecule has 7 nitrogen and oxygen atoms in total. The zero-order valence-electron chi connectivity index (χ0n) is 17.5. The molecular formula is C22H25N3O4S. The first-order valence-electron chi connectivity index (χ1n) is 9.53. The molecule has 0 aliphatic rings. The standard InChI is InChI=1S/C22H25N3O4S/c1-14-7-9-25(10-8-16-5-6-17(28-3)18(11-16)29-4)22(27)20(14)21(26)23-12-19-24-15(2)13-30-19/h5-7,9,11,13H,8,10,12H2,1-4H3,(H,23,26).